The Morgan fingerprint density at radius 2 is 1.14 bits per heavy atom. The van der Waals surface area contributed by atoms with Gasteiger partial charge in [0.05, 0.1) is 51.1 Å². The third-order valence-corrected chi connectivity index (χ3v) is 12.1. The Hall–Kier alpha value is -7.08. The molecule has 10 rings (SSSR count). The van der Waals surface area contributed by atoms with E-state index in [2.05, 4.69) is 194 Å². The van der Waals surface area contributed by atoms with E-state index in [1.165, 1.54) is 16.5 Å². The summed E-state index contributed by atoms with van der Waals surface area (Å²) >= 11 is 0. The highest BCUT2D eigenvalue weighted by Crippen LogP contribution is 2.44. The van der Waals surface area contributed by atoms with Crippen LogP contribution < -0.4 is 0 Å². The van der Waals surface area contributed by atoms with Gasteiger partial charge in [0.25, 0.3) is 0 Å². The van der Waals surface area contributed by atoms with Crippen molar-refractivity contribution in [3.8, 4) is 23.1 Å². The Morgan fingerprint density at radius 1 is 0.534 bits per heavy atom. The van der Waals surface area contributed by atoms with Gasteiger partial charge in [0.15, 0.2) is 5.69 Å². The molecule has 0 bridgehead atoms. The SMILES string of the molecule is [C-]#[N+]c1cc(C#N)c(-n2c3ccc(C(C)(C)C)cc3c3cc(C(C)(C)C)ccc32)c(-n2c3ccc(-n4c(C)cc5ccccc54)cc3c3c4ccccc4ccc32)c1. The predicted octanol–water partition coefficient (Wildman–Crippen LogP) is 14.3. The topological polar surface area (TPSA) is 42.9 Å². The van der Waals surface area contributed by atoms with E-state index >= 15 is 0 Å². The van der Waals surface area contributed by atoms with Crippen LogP contribution in [0.1, 0.15) is 63.9 Å². The summed E-state index contributed by atoms with van der Waals surface area (Å²) in [7, 11) is 0. The van der Waals surface area contributed by atoms with E-state index in [1.807, 2.05) is 6.07 Å². The second-order valence-electron chi connectivity index (χ2n) is 17.8. The van der Waals surface area contributed by atoms with Gasteiger partial charge in [-0.25, -0.2) is 4.85 Å². The highest BCUT2D eigenvalue weighted by atomic mass is 15.1. The van der Waals surface area contributed by atoms with Crippen molar-refractivity contribution < 1.29 is 0 Å². The van der Waals surface area contributed by atoms with Crippen LogP contribution >= 0.6 is 0 Å². The quantitative estimate of drug-likeness (QED) is 0.166. The van der Waals surface area contributed by atoms with E-state index in [1.54, 1.807) is 6.07 Å². The number of para-hydroxylation sites is 1. The first-order valence-corrected chi connectivity index (χ1v) is 19.9. The normalized spacial score (nSPS) is 12.4. The minimum Gasteiger partial charge on any atom is -0.314 e. The summed E-state index contributed by atoms with van der Waals surface area (Å²) in [5, 5.41) is 19.1. The molecule has 10 aromatic rings. The van der Waals surface area contributed by atoms with E-state index in [4.69, 9.17) is 6.57 Å². The van der Waals surface area contributed by atoms with Gasteiger partial charge in [-0.2, -0.15) is 5.26 Å². The summed E-state index contributed by atoms with van der Waals surface area (Å²) in [6.07, 6.45) is 0. The molecule has 0 saturated carbocycles. The molecule has 0 aliphatic carbocycles. The van der Waals surface area contributed by atoms with Gasteiger partial charge in [0.1, 0.15) is 6.07 Å². The molecule has 5 nitrogen and oxygen atoms in total. The zero-order chi connectivity index (χ0) is 40.2. The molecule has 280 valence electrons. The van der Waals surface area contributed by atoms with Gasteiger partial charge in [-0.3, -0.25) is 0 Å². The largest absolute Gasteiger partial charge is 0.314 e. The number of fused-ring (bicyclic) bond motifs is 9. The number of nitrogens with zero attached hydrogens (tertiary/aromatic N) is 5. The van der Waals surface area contributed by atoms with Crippen LogP contribution in [0.2, 0.25) is 0 Å². The van der Waals surface area contributed by atoms with Crippen LogP contribution in [0.3, 0.4) is 0 Å². The fourth-order valence-corrected chi connectivity index (χ4v) is 9.17. The van der Waals surface area contributed by atoms with E-state index in [0.717, 1.165) is 82.7 Å². The van der Waals surface area contributed by atoms with Gasteiger partial charge in [0, 0.05) is 38.3 Å². The lowest BCUT2D eigenvalue weighted by atomic mass is 9.85. The molecule has 0 N–H and O–H groups in total. The van der Waals surface area contributed by atoms with Crippen molar-refractivity contribution in [1.82, 2.24) is 13.7 Å². The first-order chi connectivity index (χ1) is 27.9. The third-order valence-electron chi connectivity index (χ3n) is 12.1. The number of hydrogen-bond acceptors (Lipinski definition) is 1. The fourth-order valence-electron chi connectivity index (χ4n) is 9.17. The Bertz CT molecular complexity index is 3380. The molecule has 0 aliphatic rings. The molecule has 58 heavy (non-hydrogen) atoms. The third kappa shape index (κ3) is 5.20. The minimum atomic E-state index is -0.0550. The second kappa shape index (κ2) is 12.5. The number of benzene rings is 7. The molecule has 5 heteroatoms. The van der Waals surface area contributed by atoms with E-state index in [9.17, 15) is 5.26 Å². The predicted molar refractivity (Wildman–Crippen MR) is 243 cm³/mol. The van der Waals surface area contributed by atoms with Gasteiger partial charge >= 0.3 is 0 Å². The molecule has 0 saturated heterocycles. The number of hydrogen-bond donors (Lipinski definition) is 0. The lowest BCUT2D eigenvalue weighted by molar-refractivity contribution is 0.590. The number of rotatable bonds is 3. The summed E-state index contributed by atoms with van der Waals surface area (Å²) in [4.78, 5) is 3.94. The summed E-state index contributed by atoms with van der Waals surface area (Å²) in [5.41, 5.74) is 12.3. The Labute approximate surface area is 338 Å². The monoisotopic (exact) mass is 749 g/mol. The van der Waals surface area contributed by atoms with Crippen molar-refractivity contribution in [3.63, 3.8) is 0 Å². The Balaban J connectivity index is 1.36. The maximum atomic E-state index is 11.0. The average Bonchev–Trinajstić information content (AvgIpc) is 3.85. The minimum absolute atomic E-state index is 0.0550. The molecular weight excluding hydrogens is 707 g/mol. The fraction of sp³-hybridized carbons (Fsp3) is 0.170. The highest BCUT2D eigenvalue weighted by molar-refractivity contribution is 6.22. The zero-order valence-corrected chi connectivity index (χ0v) is 33.9. The first kappa shape index (κ1) is 35.3. The molecule has 0 amide bonds. The summed E-state index contributed by atoms with van der Waals surface area (Å²) in [6.45, 7) is 23.9. The lowest BCUT2D eigenvalue weighted by Gasteiger charge is -2.21. The molecule has 0 fully saturated rings. The molecule has 0 atom stereocenters. The van der Waals surface area contributed by atoms with Crippen molar-refractivity contribution in [2.45, 2.75) is 59.3 Å². The standard InChI is InChI=1S/C53H43N5/c1-32-25-34-14-10-12-16-44(34)56(32)39-20-24-47-43(30-39)50-40-15-11-9-13-33(40)17-21-48(50)57(47)49-29-38(55-8)26-35(31-54)51(49)58-45-22-18-36(52(2,3)4)27-41(45)42-28-37(53(5,6)7)19-23-46(42)58/h9-30H,1-7H3. The van der Waals surface area contributed by atoms with Crippen molar-refractivity contribution >= 4 is 71.0 Å². The highest BCUT2D eigenvalue weighted by Gasteiger charge is 2.26. The summed E-state index contributed by atoms with van der Waals surface area (Å²) in [6, 6.07) is 50.3. The van der Waals surface area contributed by atoms with Crippen molar-refractivity contribution in [2.75, 3.05) is 0 Å². The molecule has 3 aromatic heterocycles. The van der Waals surface area contributed by atoms with Crippen molar-refractivity contribution in [2.24, 2.45) is 0 Å². The summed E-state index contributed by atoms with van der Waals surface area (Å²) in [5.74, 6) is 0. The Morgan fingerprint density at radius 3 is 1.79 bits per heavy atom. The number of nitriles is 1. The molecule has 0 spiro atoms. The first-order valence-electron chi connectivity index (χ1n) is 19.9. The van der Waals surface area contributed by atoms with Gasteiger partial charge in [-0.1, -0.05) is 102 Å². The second-order valence-corrected chi connectivity index (χ2v) is 17.8. The van der Waals surface area contributed by atoms with Gasteiger partial charge < -0.3 is 13.7 Å². The van der Waals surface area contributed by atoms with E-state index < -0.39 is 0 Å². The average molecular weight is 750 g/mol. The van der Waals surface area contributed by atoms with Gasteiger partial charge in [0.2, 0.25) is 0 Å². The van der Waals surface area contributed by atoms with Crippen molar-refractivity contribution in [1.29, 1.82) is 5.26 Å². The smallest absolute Gasteiger partial charge is 0.190 e. The Kier molecular flexibility index (Phi) is 7.59. The van der Waals surface area contributed by atoms with Crippen LogP contribution in [-0.2, 0) is 10.8 Å². The van der Waals surface area contributed by atoms with Crippen LogP contribution in [0, 0.1) is 24.8 Å². The van der Waals surface area contributed by atoms with Crippen molar-refractivity contribution in [3.05, 3.63) is 167 Å². The number of aryl methyl sites for hydroxylation is 1. The zero-order valence-electron chi connectivity index (χ0n) is 33.9. The molecular formula is C53H43N5. The number of aromatic nitrogens is 3. The molecule has 7 aromatic carbocycles. The van der Waals surface area contributed by atoms with E-state index in [0.29, 0.717) is 11.3 Å². The lowest BCUT2D eigenvalue weighted by Crippen LogP contribution is -2.10. The van der Waals surface area contributed by atoms with Crippen LogP contribution in [0.25, 0.3) is 87.2 Å². The maximum Gasteiger partial charge on any atom is 0.190 e. The van der Waals surface area contributed by atoms with Gasteiger partial charge in [-0.15, -0.1) is 0 Å². The van der Waals surface area contributed by atoms with Crippen LogP contribution in [0.15, 0.2) is 133 Å². The molecule has 0 aliphatic heterocycles. The van der Waals surface area contributed by atoms with Crippen LogP contribution in [0.5, 0.6) is 0 Å². The van der Waals surface area contributed by atoms with Crippen LogP contribution in [-0.4, -0.2) is 13.7 Å². The molecule has 0 radical (unpaired) electrons. The maximum absolute atomic E-state index is 11.0. The molecule has 0 unspecified atom stereocenters. The molecule has 3 heterocycles. The summed E-state index contributed by atoms with van der Waals surface area (Å²) < 4.78 is 6.89. The van der Waals surface area contributed by atoms with E-state index in [-0.39, 0.29) is 10.8 Å². The van der Waals surface area contributed by atoms with Gasteiger partial charge in [-0.05, 0) is 112 Å². The van der Waals surface area contributed by atoms with Crippen LogP contribution in [0.4, 0.5) is 5.69 Å².